The van der Waals surface area contributed by atoms with Crippen molar-refractivity contribution in [1.82, 2.24) is 13.9 Å². The van der Waals surface area contributed by atoms with Gasteiger partial charge in [0.2, 0.25) is 0 Å². The SMILES string of the molecule is COC(=O)C1(C2CC3=C[C@@H](C4CC4)n4c(=O)n(C)c(=O)n4[C@H]3[C@@H]2[C@@H](O)CCO)CCCC1. The van der Waals surface area contributed by atoms with E-state index >= 15 is 0 Å². The summed E-state index contributed by atoms with van der Waals surface area (Å²) in [5.74, 6) is -0.604. The number of fused-ring (bicyclic) bond motifs is 3. The minimum absolute atomic E-state index is 0.153. The average Bonchev–Trinajstić information content (AvgIpc) is 3.30. The number of hydrogen-bond donors (Lipinski definition) is 2. The van der Waals surface area contributed by atoms with E-state index in [4.69, 9.17) is 4.74 Å². The minimum Gasteiger partial charge on any atom is -0.469 e. The van der Waals surface area contributed by atoms with Crippen LogP contribution in [-0.4, -0.2) is 49.9 Å². The molecule has 1 aliphatic heterocycles. The molecule has 0 saturated heterocycles. The molecule has 0 amide bonds. The molecule has 9 nitrogen and oxygen atoms in total. The zero-order chi connectivity index (χ0) is 22.8. The first-order chi connectivity index (χ1) is 15.4. The van der Waals surface area contributed by atoms with Gasteiger partial charge in [0.1, 0.15) is 0 Å². The van der Waals surface area contributed by atoms with E-state index in [2.05, 4.69) is 6.08 Å². The van der Waals surface area contributed by atoms with Gasteiger partial charge in [0, 0.05) is 19.6 Å². The second-order valence-electron chi connectivity index (χ2n) is 10.2. The van der Waals surface area contributed by atoms with Gasteiger partial charge in [-0.25, -0.2) is 23.5 Å². The van der Waals surface area contributed by atoms with Crippen LogP contribution < -0.4 is 11.4 Å². The topological polar surface area (TPSA) is 116 Å². The Morgan fingerprint density at radius 2 is 1.88 bits per heavy atom. The van der Waals surface area contributed by atoms with Crippen molar-refractivity contribution in [3.8, 4) is 0 Å². The van der Waals surface area contributed by atoms with Gasteiger partial charge in [-0.3, -0.25) is 4.79 Å². The van der Waals surface area contributed by atoms with Crippen LogP contribution in [0.25, 0.3) is 0 Å². The number of rotatable bonds is 6. The maximum Gasteiger partial charge on any atom is 0.347 e. The van der Waals surface area contributed by atoms with E-state index in [1.807, 2.05) is 0 Å². The lowest BCUT2D eigenvalue weighted by molar-refractivity contribution is -0.159. The van der Waals surface area contributed by atoms with Crippen molar-refractivity contribution in [3.05, 3.63) is 32.6 Å². The van der Waals surface area contributed by atoms with Crippen LogP contribution >= 0.6 is 0 Å². The molecule has 5 rings (SSSR count). The van der Waals surface area contributed by atoms with Gasteiger partial charge in [-0.15, -0.1) is 0 Å². The summed E-state index contributed by atoms with van der Waals surface area (Å²) >= 11 is 0. The molecule has 1 aromatic heterocycles. The number of allylic oxidation sites excluding steroid dienone is 2. The van der Waals surface area contributed by atoms with E-state index in [0.717, 1.165) is 35.8 Å². The molecule has 2 N–H and O–H groups in total. The molecular weight excluding hydrogens is 414 g/mol. The molecule has 1 aromatic rings. The van der Waals surface area contributed by atoms with Crippen molar-refractivity contribution < 1.29 is 19.7 Å². The first-order valence-corrected chi connectivity index (χ1v) is 11.8. The first-order valence-electron chi connectivity index (χ1n) is 11.8. The molecule has 3 saturated carbocycles. The molecule has 9 heteroatoms. The number of carbonyl (C=O) groups excluding carboxylic acids is 1. The molecule has 32 heavy (non-hydrogen) atoms. The highest BCUT2D eigenvalue weighted by Crippen LogP contribution is 2.60. The van der Waals surface area contributed by atoms with Crippen LogP contribution in [0.1, 0.15) is 63.5 Å². The van der Waals surface area contributed by atoms with E-state index in [1.54, 1.807) is 9.36 Å². The maximum absolute atomic E-state index is 13.2. The molecule has 0 spiro atoms. The average molecular weight is 448 g/mol. The van der Waals surface area contributed by atoms with E-state index in [0.29, 0.717) is 25.2 Å². The Morgan fingerprint density at radius 3 is 2.47 bits per heavy atom. The predicted molar refractivity (Wildman–Crippen MR) is 115 cm³/mol. The highest BCUT2D eigenvalue weighted by atomic mass is 16.5. The standard InChI is InChI=1S/C23H33N3O6/c1-24-21(30)25-16(13-5-6-13)12-14-11-15(23(20(29)32-2)8-3-4-9-23)18(17(28)7-10-27)19(14)26(25)22(24)31/h12-13,15-19,27-28H,3-11H2,1-2H3/t15?,16-,17-,18-,19+/m0/s1. The summed E-state index contributed by atoms with van der Waals surface area (Å²) in [5, 5.41) is 20.8. The number of methoxy groups -OCH3 is 1. The fourth-order valence-electron chi connectivity index (χ4n) is 6.93. The molecule has 0 radical (unpaired) electrons. The second kappa shape index (κ2) is 7.73. The van der Waals surface area contributed by atoms with Gasteiger partial charge in [0.05, 0.1) is 30.7 Å². The second-order valence-corrected chi connectivity index (χ2v) is 10.2. The number of aliphatic hydroxyl groups excluding tert-OH is 2. The van der Waals surface area contributed by atoms with Crippen molar-refractivity contribution in [3.63, 3.8) is 0 Å². The summed E-state index contributed by atoms with van der Waals surface area (Å²) in [6.45, 7) is -0.192. The summed E-state index contributed by atoms with van der Waals surface area (Å²) in [6.07, 6.45) is 7.20. The van der Waals surface area contributed by atoms with Crippen LogP contribution in [0.15, 0.2) is 21.2 Å². The lowest BCUT2D eigenvalue weighted by Gasteiger charge is -2.40. The number of carbonyl (C=O) groups is 1. The largest absolute Gasteiger partial charge is 0.469 e. The highest BCUT2D eigenvalue weighted by molar-refractivity contribution is 5.78. The Bertz CT molecular complexity index is 1050. The van der Waals surface area contributed by atoms with Crippen molar-refractivity contribution >= 4 is 5.97 Å². The zero-order valence-corrected chi connectivity index (χ0v) is 18.8. The van der Waals surface area contributed by atoms with Gasteiger partial charge >= 0.3 is 17.3 Å². The Labute approximate surface area is 186 Å². The minimum atomic E-state index is -0.906. The Balaban J connectivity index is 1.69. The maximum atomic E-state index is 13.2. The van der Waals surface area contributed by atoms with Gasteiger partial charge in [0.25, 0.3) is 0 Å². The van der Waals surface area contributed by atoms with Crippen LogP contribution in [0.4, 0.5) is 0 Å². The molecule has 3 fully saturated rings. The predicted octanol–water partition coefficient (Wildman–Crippen LogP) is 0.894. The number of nitrogens with zero attached hydrogens (tertiary/aromatic N) is 3. The molecule has 5 atom stereocenters. The van der Waals surface area contributed by atoms with Gasteiger partial charge in [-0.2, -0.15) is 0 Å². The van der Waals surface area contributed by atoms with Crippen LogP contribution in [0.2, 0.25) is 0 Å². The number of aromatic nitrogens is 3. The lowest BCUT2D eigenvalue weighted by Crippen LogP contribution is -2.46. The monoisotopic (exact) mass is 447 g/mol. The molecular formula is C23H33N3O6. The quantitative estimate of drug-likeness (QED) is 0.494. The highest BCUT2D eigenvalue weighted by Gasteiger charge is 2.60. The number of hydrogen-bond acceptors (Lipinski definition) is 6. The molecule has 4 aliphatic rings. The van der Waals surface area contributed by atoms with Crippen LogP contribution in [0.5, 0.6) is 0 Å². The van der Waals surface area contributed by atoms with Crippen LogP contribution in [0.3, 0.4) is 0 Å². The van der Waals surface area contributed by atoms with Crippen LogP contribution in [0, 0.1) is 23.2 Å². The first kappa shape index (κ1) is 21.7. The Morgan fingerprint density at radius 1 is 1.22 bits per heavy atom. The number of esters is 1. The van der Waals surface area contributed by atoms with Crippen molar-refractivity contribution in [2.24, 2.45) is 30.2 Å². The summed E-state index contributed by atoms with van der Waals surface area (Å²) in [4.78, 5) is 39.4. The normalized spacial score (nSPS) is 31.7. The fraction of sp³-hybridized carbons (Fsp3) is 0.783. The number of aliphatic hydroxyl groups is 2. The van der Waals surface area contributed by atoms with Gasteiger partial charge in [-0.05, 0) is 55.9 Å². The Kier molecular flexibility index (Phi) is 5.24. The van der Waals surface area contributed by atoms with E-state index < -0.39 is 29.2 Å². The molecule has 0 aromatic carbocycles. The van der Waals surface area contributed by atoms with Crippen molar-refractivity contribution in [2.45, 2.75) is 69.6 Å². The summed E-state index contributed by atoms with van der Waals surface area (Å²) in [6, 6.07) is -0.672. The summed E-state index contributed by atoms with van der Waals surface area (Å²) < 4.78 is 9.52. The smallest absolute Gasteiger partial charge is 0.347 e. The third-order valence-electron chi connectivity index (χ3n) is 8.57. The van der Waals surface area contributed by atoms with Crippen molar-refractivity contribution in [2.75, 3.05) is 13.7 Å². The van der Waals surface area contributed by atoms with E-state index in [-0.39, 0.29) is 36.6 Å². The van der Waals surface area contributed by atoms with Crippen LogP contribution in [-0.2, 0) is 16.6 Å². The van der Waals surface area contributed by atoms with Gasteiger partial charge in [-0.1, -0.05) is 18.9 Å². The van der Waals surface area contributed by atoms with Gasteiger partial charge < -0.3 is 14.9 Å². The van der Waals surface area contributed by atoms with Crippen molar-refractivity contribution in [1.29, 1.82) is 0 Å². The molecule has 3 aliphatic carbocycles. The third-order valence-corrected chi connectivity index (χ3v) is 8.57. The molecule has 2 heterocycles. The summed E-state index contributed by atoms with van der Waals surface area (Å²) in [7, 11) is 2.90. The summed E-state index contributed by atoms with van der Waals surface area (Å²) in [5.41, 5.74) is -0.426. The fourth-order valence-corrected chi connectivity index (χ4v) is 6.93. The Hall–Kier alpha value is -2.13. The zero-order valence-electron chi connectivity index (χ0n) is 18.8. The molecule has 0 bridgehead atoms. The molecule has 176 valence electrons. The van der Waals surface area contributed by atoms with Gasteiger partial charge in [0.15, 0.2) is 0 Å². The third kappa shape index (κ3) is 2.93. The molecule has 1 unspecified atom stereocenters. The lowest BCUT2D eigenvalue weighted by atomic mass is 9.67. The van der Waals surface area contributed by atoms with E-state index in [1.165, 1.54) is 14.2 Å². The number of ether oxygens (including phenoxy) is 1. The van der Waals surface area contributed by atoms with E-state index in [9.17, 15) is 24.6 Å².